The van der Waals surface area contributed by atoms with Crippen LogP contribution >= 0.6 is 19.2 Å². The summed E-state index contributed by atoms with van der Waals surface area (Å²) in [6.45, 7) is 1.77. The van der Waals surface area contributed by atoms with Crippen molar-refractivity contribution in [1.82, 2.24) is 4.72 Å². The molecule has 200 valence electrons. The predicted molar refractivity (Wildman–Crippen MR) is 142 cm³/mol. The smallest absolute Gasteiger partial charge is 0.310 e. The molecule has 0 radical (unpaired) electrons. The van der Waals surface area contributed by atoms with Crippen LogP contribution in [0.3, 0.4) is 0 Å². The lowest BCUT2D eigenvalue weighted by Gasteiger charge is -2.39. The maximum absolute atomic E-state index is 14.2. The number of aryl methyl sites for hydroxylation is 1. The fourth-order valence-electron chi connectivity index (χ4n) is 4.13. The van der Waals surface area contributed by atoms with Gasteiger partial charge in [-0.2, -0.15) is 4.72 Å². The molecule has 3 aromatic rings. The highest BCUT2D eigenvalue weighted by molar-refractivity contribution is 7.96. The Morgan fingerprint density at radius 2 is 1.39 bits per heavy atom. The van der Waals surface area contributed by atoms with E-state index in [1.54, 1.807) is 19.1 Å². The molecular formula is C25H23ClNO8PS2. The summed E-state index contributed by atoms with van der Waals surface area (Å²) in [5.74, 6) is -0.917. The molecule has 1 unspecified atom stereocenters. The van der Waals surface area contributed by atoms with E-state index < -0.39 is 43.4 Å². The standard InChI is InChI=1S/C25H23ClNO8PS2/c1-17-8-12-20(13-9-17)38(32,33)27-25(36(29,34-2)35-3)16-23(24(28)21-6-4-5-7-22(21)25)37(30,31)19-14-10-18(26)11-15-19/h4-16,27H,1-3H3. The van der Waals surface area contributed by atoms with E-state index in [4.69, 9.17) is 20.6 Å². The third-order valence-corrected chi connectivity index (χ3v) is 12.1. The number of sulfone groups is 1. The van der Waals surface area contributed by atoms with Gasteiger partial charge in [0.15, 0.2) is 5.28 Å². The Bertz CT molecular complexity index is 1690. The normalized spacial score (nSPS) is 18.1. The lowest BCUT2D eigenvalue weighted by molar-refractivity contribution is 0.103. The van der Waals surface area contributed by atoms with Crippen LogP contribution in [0.4, 0.5) is 0 Å². The number of ketones is 1. The first-order valence-corrected chi connectivity index (χ1v) is 15.9. The van der Waals surface area contributed by atoms with Crippen LogP contribution in [0.5, 0.6) is 0 Å². The van der Waals surface area contributed by atoms with Gasteiger partial charge in [0, 0.05) is 30.4 Å². The summed E-state index contributed by atoms with van der Waals surface area (Å²) in [4.78, 5) is 12.3. The van der Waals surface area contributed by atoms with Gasteiger partial charge in [0.25, 0.3) is 0 Å². The van der Waals surface area contributed by atoms with E-state index in [2.05, 4.69) is 4.72 Å². The average molecular weight is 596 g/mol. The van der Waals surface area contributed by atoms with E-state index in [0.717, 1.165) is 25.9 Å². The Labute approximate surface area is 225 Å². The van der Waals surface area contributed by atoms with Gasteiger partial charge in [0.05, 0.1) is 9.79 Å². The number of hydrogen-bond donors (Lipinski definition) is 1. The minimum absolute atomic E-state index is 0.0947. The van der Waals surface area contributed by atoms with Gasteiger partial charge in [-0.3, -0.25) is 9.36 Å². The van der Waals surface area contributed by atoms with Crippen LogP contribution in [0.1, 0.15) is 21.5 Å². The fraction of sp³-hybridized carbons (Fsp3) is 0.160. The van der Waals surface area contributed by atoms with Crippen LogP contribution in [0.15, 0.2) is 93.6 Å². The third-order valence-electron chi connectivity index (χ3n) is 6.09. The first-order valence-electron chi connectivity index (χ1n) is 11.0. The number of carbonyl (C=O) groups is 1. The van der Waals surface area contributed by atoms with Crippen LogP contribution in [0.2, 0.25) is 5.02 Å². The van der Waals surface area contributed by atoms with E-state index in [1.807, 2.05) is 0 Å². The SMILES string of the molecule is COP(=O)(OC)C1(NS(=O)(=O)c2ccc(C)cc2)C=C(S(=O)(=O)c2ccc(Cl)cc2)C(=O)c2ccccc21. The number of hydrogen-bond acceptors (Lipinski definition) is 8. The number of benzene rings is 3. The summed E-state index contributed by atoms with van der Waals surface area (Å²) in [5, 5.41) is -2.17. The molecule has 1 aliphatic rings. The quantitative estimate of drug-likeness (QED) is 0.367. The van der Waals surface area contributed by atoms with Gasteiger partial charge in [-0.05, 0) is 49.4 Å². The van der Waals surface area contributed by atoms with Crippen molar-refractivity contribution >= 4 is 44.8 Å². The molecular weight excluding hydrogens is 573 g/mol. The summed E-state index contributed by atoms with van der Waals surface area (Å²) >= 11 is 5.90. The molecule has 0 bridgehead atoms. The number of allylic oxidation sites excluding steroid dienone is 1. The molecule has 0 saturated carbocycles. The molecule has 3 aromatic carbocycles. The number of nitrogens with one attached hydrogen (secondary N) is 1. The van der Waals surface area contributed by atoms with Gasteiger partial charge in [-0.25, -0.2) is 16.8 Å². The van der Waals surface area contributed by atoms with Gasteiger partial charge < -0.3 is 9.05 Å². The number of halogens is 1. The molecule has 4 rings (SSSR count). The lowest BCUT2D eigenvalue weighted by Crippen LogP contribution is -2.48. The zero-order chi connectivity index (χ0) is 27.9. The van der Waals surface area contributed by atoms with Gasteiger partial charge in [-0.15, -0.1) is 0 Å². The van der Waals surface area contributed by atoms with E-state index in [1.165, 1.54) is 60.7 Å². The van der Waals surface area contributed by atoms with Crippen LogP contribution in [-0.2, 0) is 38.8 Å². The third kappa shape index (κ3) is 4.69. The van der Waals surface area contributed by atoms with Crippen LogP contribution < -0.4 is 4.72 Å². The molecule has 0 amide bonds. The maximum Gasteiger partial charge on any atom is 0.359 e. The zero-order valence-corrected chi connectivity index (χ0v) is 23.7. The molecule has 0 heterocycles. The Balaban J connectivity index is 2.07. The molecule has 1 aliphatic carbocycles. The Morgan fingerprint density at radius 3 is 1.97 bits per heavy atom. The first-order chi connectivity index (χ1) is 17.8. The number of sulfonamides is 1. The second kappa shape index (κ2) is 10.2. The molecule has 9 nitrogen and oxygen atoms in total. The van der Waals surface area contributed by atoms with E-state index in [0.29, 0.717) is 0 Å². The van der Waals surface area contributed by atoms with E-state index >= 15 is 0 Å². The average Bonchev–Trinajstić information content (AvgIpc) is 2.90. The number of carbonyl (C=O) groups excluding carboxylic acids is 1. The van der Waals surface area contributed by atoms with Crippen molar-refractivity contribution in [2.24, 2.45) is 0 Å². The highest BCUT2D eigenvalue weighted by atomic mass is 35.5. The van der Waals surface area contributed by atoms with Gasteiger partial charge in [0.2, 0.25) is 25.6 Å². The van der Waals surface area contributed by atoms with Crippen molar-refractivity contribution < 1.29 is 35.2 Å². The van der Waals surface area contributed by atoms with E-state index in [9.17, 15) is 26.2 Å². The number of fused-ring (bicyclic) bond motifs is 1. The van der Waals surface area contributed by atoms with Crippen molar-refractivity contribution in [3.05, 3.63) is 105 Å². The highest BCUT2D eigenvalue weighted by Gasteiger charge is 2.58. The summed E-state index contributed by atoms with van der Waals surface area (Å²) in [5.41, 5.74) is 0.509. The van der Waals surface area contributed by atoms with Crippen molar-refractivity contribution in [1.29, 1.82) is 0 Å². The van der Waals surface area contributed by atoms with E-state index in [-0.39, 0.29) is 25.9 Å². The van der Waals surface area contributed by atoms with Crippen LogP contribution in [-0.4, -0.2) is 36.8 Å². The Hall–Kier alpha value is -2.63. The fourth-order valence-corrected chi connectivity index (χ4v) is 9.28. The second-order valence-corrected chi connectivity index (χ2v) is 14.9. The summed E-state index contributed by atoms with van der Waals surface area (Å²) in [6, 6.07) is 16.5. The molecule has 13 heteroatoms. The molecule has 0 aromatic heterocycles. The van der Waals surface area contributed by atoms with Crippen molar-refractivity contribution in [3.8, 4) is 0 Å². The summed E-state index contributed by atoms with van der Waals surface area (Å²) in [7, 11) is -11.6. The first kappa shape index (κ1) is 28.4. The van der Waals surface area contributed by atoms with Crippen molar-refractivity contribution in [2.45, 2.75) is 22.0 Å². The maximum atomic E-state index is 14.2. The minimum atomic E-state index is -4.58. The highest BCUT2D eigenvalue weighted by Crippen LogP contribution is 2.66. The monoisotopic (exact) mass is 595 g/mol. The summed E-state index contributed by atoms with van der Waals surface area (Å²) < 4.78 is 81.7. The topological polar surface area (TPSA) is 133 Å². The number of Topliss-reactive ketones (excluding diaryl/α,β-unsaturated/α-hetero) is 1. The van der Waals surface area contributed by atoms with Gasteiger partial charge >= 0.3 is 7.60 Å². The van der Waals surface area contributed by atoms with Crippen LogP contribution in [0, 0.1) is 6.92 Å². The second-order valence-electron chi connectivity index (χ2n) is 8.39. The molecule has 1 atom stereocenters. The van der Waals surface area contributed by atoms with Crippen molar-refractivity contribution in [2.75, 3.05) is 14.2 Å². The minimum Gasteiger partial charge on any atom is -0.310 e. The predicted octanol–water partition coefficient (Wildman–Crippen LogP) is 4.82. The van der Waals surface area contributed by atoms with Gasteiger partial charge in [-0.1, -0.05) is 53.6 Å². The molecule has 0 spiro atoms. The Morgan fingerprint density at radius 1 is 0.842 bits per heavy atom. The molecule has 38 heavy (non-hydrogen) atoms. The van der Waals surface area contributed by atoms with Crippen LogP contribution in [0.25, 0.3) is 0 Å². The number of rotatable bonds is 8. The molecule has 1 N–H and O–H groups in total. The van der Waals surface area contributed by atoms with Gasteiger partial charge in [0.1, 0.15) is 4.91 Å². The largest absolute Gasteiger partial charge is 0.359 e. The molecule has 0 saturated heterocycles. The van der Waals surface area contributed by atoms with Crippen molar-refractivity contribution in [3.63, 3.8) is 0 Å². The Kier molecular flexibility index (Phi) is 7.59. The molecule has 0 fully saturated rings. The molecule has 0 aliphatic heterocycles. The lowest BCUT2D eigenvalue weighted by atomic mass is 9.92. The summed E-state index contributed by atoms with van der Waals surface area (Å²) in [6.07, 6.45) is 0.807. The zero-order valence-electron chi connectivity index (χ0n) is 20.4.